The van der Waals surface area contributed by atoms with Gasteiger partial charge in [0.15, 0.2) is 5.78 Å². The Morgan fingerprint density at radius 3 is 2.30 bits per heavy atom. The Labute approximate surface area is 131 Å². The number of rotatable bonds is 3. The smallest absolute Gasteiger partial charge is 0.294 e. The van der Waals surface area contributed by atoms with Crippen molar-refractivity contribution in [1.29, 1.82) is 0 Å². The Morgan fingerprint density at radius 1 is 0.913 bits per heavy atom. The third-order valence-corrected chi connectivity index (χ3v) is 4.14. The molecule has 0 saturated heterocycles. The lowest BCUT2D eigenvalue weighted by molar-refractivity contribution is -0.762. The van der Waals surface area contributed by atoms with Gasteiger partial charge >= 0.3 is 0 Å². The van der Waals surface area contributed by atoms with Crippen molar-refractivity contribution >= 4 is 16.6 Å². The molecule has 0 saturated carbocycles. The number of carbonyl (C=O) groups excluding carboxylic acids is 1. The maximum absolute atomic E-state index is 12.6. The molecule has 0 heterocycles. The van der Waals surface area contributed by atoms with Crippen LogP contribution in [0.1, 0.15) is 21.5 Å². The quantitative estimate of drug-likeness (QED) is 0.427. The van der Waals surface area contributed by atoms with Gasteiger partial charge in [0, 0.05) is 16.7 Å². The molecule has 4 rings (SSSR count). The van der Waals surface area contributed by atoms with Gasteiger partial charge < -0.3 is 4.84 Å². The average molecular weight is 305 g/mol. The van der Waals surface area contributed by atoms with Gasteiger partial charge in [0.25, 0.3) is 5.09 Å². The summed E-state index contributed by atoms with van der Waals surface area (Å²) in [5, 5.41) is 11.4. The molecule has 0 amide bonds. The van der Waals surface area contributed by atoms with Gasteiger partial charge in [0.1, 0.15) is 6.61 Å². The van der Waals surface area contributed by atoms with E-state index < -0.39 is 5.09 Å². The van der Waals surface area contributed by atoms with Gasteiger partial charge in [-0.1, -0.05) is 48.5 Å². The van der Waals surface area contributed by atoms with Gasteiger partial charge in [-0.05, 0) is 28.0 Å². The average Bonchev–Trinajstić information content (AvgIpc) is 2.86. The largest absolute Gasteiger partial charge is 0.309 e. The van der Waals surface area contributed by atoms with Gasteiger partial charge in [0.05, 0.1) is 0 Å². The highest BCUT2D eigenvalue weighted by Crippen LogP contribution is 2.42. The topological polar surface area (TPSA) is 69.4 Å². The van der Waals surface area contributed by atoms with E-state index in [2.05, 4.69) is 4.84 Å². The second-order valence-corrected chi connectivity index (χ2v) is 5.38. The van der Waals surface area contributed by atoms with E-state index in [1.165, 1.54) is 0 Å². The molecule has 1 aliphatic rings. The lowest BCUT2D eigenvalue weighted by atomic mass is 9.94. The summed E-state index contributed by atoms with van der Waals surface area (Å²) in [5.41, 5.74) is 3.68. The molecule has 0 spiro atoms. The zero-order valence-electron chi connectivity index (χ0n) is 12.0. The first-order valence-corrected chi connectivity index (χ1v) is 7.13. The van der Waals surface area contributed by atoms with E-state index in [9.17, 15) is 14.9 Å². The summed E-state index contributed by atoms with van der Waals surface area (Å²) < 4.78 is 0. The summed E-state index contributed by atoms with van der Waals surface area (Å²) in [6.07, 6.45) is 0. The second-order valence-electron chi connectivity index (χ2n) is 5.38. The predicted octanol–water partition coefficient (Wildman–Crippen LogP) is 3.76. The number of hydrogen-bond donors (Lipinski definition) is 0. The van der Waals surface area contributed by atoms with E-state index in [1.54, 1.807) is 12.1 Å². The predicted molar refractivity (Wildman–Crippen MR) is 84.6 cm³/mol. The molecule has 5 heteroatoms. The van der Waals surface area contributed by atoms with Crippen LogP contribution in [-0.4, -0.2) is 10.9 Å². The Hall–Kier alpha value is -3.21. The van der Waals surface area contributed by atoms with E-state index in [0.29, 0.717) is 16.7 Å². The first kappa shape index (κ1) is 13.5. The van der Waals surface area contributed by atoms with E-state index in [1.807, 2.05) is 42.5 Å². The summed E-state index contributed by atoms with van der Waals surface area (Å²) in [4.78, 5) is 27.7. The maximum Gasteiger partial charge on any atom is 0.294 e. The van der Waals surface area contributed by atoms with E-state index >= 15 is 0 Å². The molecule has 112 valence electrons. The molecule has 0 bridgehead atoms. The molecule has 0 unspecified atom stereocenters. The molecule has 0 aliphatic heterocycles. The summed E-state index contributed by atoms with van der Waals surface area (Å²) in [5.74, 6) is -0.0521. The Kier molecular flexibility index (Phi) is 2.87. The van der Waals surface area contributed by atoms with Crippen molar-refractivity contribution in [1.82, 2.24) is 0 Å². The van der Waals surface area contributed by atoms with E-state index in [-0.39, 0.29) is 12.4 Å². The third kappa shape index (κ3) is 1.97. The fourth-order valence-electron chi connectivity index (χ4n) is 3.21. The number of hydrogen-bond acceptors (Lipinski definition) is 4. The molecule has 0 radical (unpaired) electrons. The van der Waals surface area contributed by atoms with Crippen LogP contribution in [0.3, 0.4) is 0 Å². The summed E-state index contributed by atoms with van der Waals surface area (Å²) in [6.45, 7) is -0.176. The normalized spacial score (nSPS) is 12.1. The van der Waals surface area contributed by atoms with Crippen LogP contribution in [0, 0.1) is 10.1 Å². The molecule has 0 N–H and O–H groups in total. The summed E-state index contributed by atoms with van der Waals surface area (Å²) in [7, 11) is 0. The highest BCUT2D eigenvalue weighted by molar-refractivity contribution is 6.26. The van der Waals surface area contributed by atoms with Crippen molar-refractivity contribution in [3.8, 4) is 11.1 Å². The first-order chi connectivity index (χ1) is 11.2. The van der Waals surface area contributed by atoms with Gasteiger partial charge in [-0.2, -0.15) is 0 Å². The molecule has 0 atom stereocenters. The van der Waals surface area contributed by atoms with Crippen LogP contribution in [-0.2, 0) is 11.4 Å². The molecule has 0 fully saturated rings. The number of ketones is 1. The monoisotopic (exact) mass is 305 g/mol. The fraction of sp³-hybridized carbons (Fsp3) is 0.0556. The van der Waals surface area contributed by atoms with Crippen molar-refractivity contribution in [3.05, 3.63) is 81.4 Å². The van der Waals surface area contributed by atoms with Crippen molar-refractivity contribution in [3.63, 3.8) is 0 Å². The van der Waals surface area contributed by atoms with E-state index in [4.69, 9.17) is 0 Å². The van der Waals surface area contributed by atoms with Gasteiger partial charge in [-0.3, -0.25) is 4.79 Å². The third-order valence-electron chi connectivity index (χ3n) is 4.14. The molecule has 0 aromatic heterocycles. The van der Waals surface area contributed by atoms with Crippen LogP contribution in [0.15, 0.2) is 54.6 Å². The van der Waals surface area contributed by atoms with Gasteiger partial charge in [-0.25, -0.2) is 0 Å². The van der Waals surface area contributed by atoms with Crippen LogP contribution in [0.25, 0.3) is 21.9 Å². The fourth-order valence-corrected chi connectivity index (χ4v) is 3.21. The SMILES string of the molecule is O=C1c2ccccc2-c2c1cc(CO[N+](=O)[O-])c1ccccc21. The molecular formula is C18H11NO4. The number of nitrogens with zero attached hydrogens (tertiary/aromatic N) is 1. The van der Waals surface area contributed by atoms with Crippen molar-refractivity contribution < 1.29 is 14.7 Å². The Bertz CT molecular complexity index is 978. The zero-order chi connectivity index (χ0) is 16.0. The van der Waals surface area contributed by atoms with Crippen LogP contribution in [0.4, 0.5) is 0 Å². The second kappa shape index (κ2) is 4.91. The maximum atomic E-state index is 12.6. The Balaban J connectivity index is 2.01. The zero-order valence-corrected chi connectivity index (χ0v) is 12.0. The molecule has 1 aliphatic carbocycles. The molecule has 3 aromatic rings. The molecule has 5 nitrogen and oxygen atoms in total. The molecular weight excluding hydrogens is 294 g/mol. The van der Waals surface area contributed by atoms with E-state index in [0.717, 1.165) is 21.9 Å². The Morgan fingerprint density at radius 2 is 1.57 bits per heavy atom. The highest BCUT2D eigenvalue weighted by Gasteiger charge is 2.29. The van der Waals surface area contributed by atoms with Crippen molar-refractivity contribution in [2.24, 2.45) is 0 Å². The molecule has 23 heavy (non-hydrogen) atoms. The van der Waals surface area contributed by atoms with Crippen LogP contribution < -0.4 is 0 Å². The minimum Gasteiger partial charge on any atom is -0.309 e. The van der Waals surface area contributed by atoms with Crippen LogP contribution in [0.2, 0.25) is 0 Å². The number of fused-ring (bicyclic) bond motifs is 5. The van der Waals surface area contributed by atoms with Crippen LogP contribution >= 0.6 is 0 Å². The van der Waals surface area contributed by atoms with Gasteiger partial charge in [-0.15, -0.1) is 10.1 Å². The highest BCUT2D eigenvalue weighted by atomic mass is 16.9. The number of carbonyl (C=O) groups is 1. The van der Waals surface area contributed by atoms with Crippen LogP contribution in [0.5, 0.6) is 0 Å². The minimum absolute atomic E-state index is 0.0521. The summed E-state index contributed by atoms with van der Waals surface area (Å²) in [6, 6.07) is 16.8. The van der Waals surface area contributed by atoms with Gasteiger partial charge in [0.2, 0.25) is 0 Å². The standard InChI is InChI=1S/C18H11NO4/c20-18-15-8-4-3-7-14(15)17-13-6-2-1-5-12(13)11(9-16(17)18)10-23-19(21)22/h1-9H,10H2. The van der Waals surface area contributed by atoms with Crippen molar-refractivity contribution in [2.45, 2.75) is 6.61 Å². The van der Waals surface area contributed by atoms with Crippen molar-refractivity contribution in [2.75, 3.05) is 0 Å². The lowest BCUT2D eigenvalue weighted by Gasteiger charge is -2.11. The lowest BCUT2D eigenvalue weighted by Crippen LogP contribution is -2.03. The first-order valence-electron chi connectivity index (χ1n) is 7.13. The summed E-state index contributed by atoms with van der Waals surface area (Å²) >= 11 is 0. The molecule has 3 aromatic carbocycles. The number of benzene rings is 3. The minimum atomic E-state index is -0.821.